The summed E-state index contributed by atoms with van der Waals surface area (Å²) in [4.78, 5) is 30.5. The highest BCUT2D eigenvalue weighted by molar-refractivity contribution is 7.11. The first kappa shape index (κ1) is 16.6. The SMILES string of the molecule is N#Cc1ccc(N2C(=O)C(c3cccs3)=C(N3CCCCC3)C2=O)cc1. The zero-order valence-corrected chi connectivity index (χ0v) is 15.0. The number of anilines is 1. The van der Waals surface area contributed by atoms with Crippen LogP contribution >= 0.6 is 11.3 Å². The monoisotopic (exact) mass is 363 g/mol. The molecule has 4 rings (SSSR count). The van der Waals surface area contributed by atoms with E-state index in [1.807, 2.05) is 17.5 Å². The van der Waals surface area contributed by atoms with Crippen LogP contribution in [0.5, 0.6) is 0 Å². The van der Waals surface area contributed by atoms with E-state index in [1.165, 1.54) is 16.2 Å². The van der Waals surface area contributed by atoms with Gasteiger partial charge in [-0.25, -0.2) is 4.90 Å². The van der Waals surface area contributed by atoms with Crippen molar-refractivity contribution in [2.45, 2.75) is 19.3 Å². The van der Waals surface area contributed by atoms with E-state index in [4.69, 9.17) is 5.26 Å². The minimum absolute atomic E-state index is 0.273. The number of carbonyl (C=O) groups excluding carboxylic acids is 2. The fraction of sp³-hybridized carbons (Fsp3) is 0.250. The van der Waals surface area contributed by atoms with Gasteiger partial charge in [0, 0.05) is 18.0 Å². The molecule has 0 unspecified atom stereocenters. The lowest BCUT2D eigenvalue weighted by molar-refractivity contribution is -0.120. The molecule has 3 heterocycles. The summed E-state index contributed by atoms with van der Waals surface area (Å²) < 4.78 is 0. The molecule has 2 aromatic rings. The highest BCUT2D eigenvalue weighted by Gasteiger charge is 2.42. The Labute approximate surface area is 155 Å². The van der Waals surface area contributed by atoms with Crippen molar-refractivity contribution >= 4 is 34.4 Å². The van der Waals surface area contributed by atoms with Gasteiger partial charge in [-0.2, -0.15) is 5.26 Å². The number of hydrogen-bond acceptors (Lipinski definition) is 5. The van der Waals surface area contributed by atoms with Gasteiger partial charge in [0.25, 0.3) is 11.8 Å². The van der Waals surface area contributed by atoms with Gasteiger partial charge < -0.3 is 4.90 Å². The molecule has 0 radical (unpaired) electrons. The molecule has 2 aliphatic heterocycles. The number of piperidine rings is 1. The molecule has 26 heavy (non-hydrogen) atoms. The normalized spacial score (nSPS) is 17.8. The van der Waals surface area contributed by atoms with Crippen molar-refractivity contribution in [2.24, 2.45) is 0 Å². The number of nitrogens with zero attached hydrogens (tertiary/aromatic N) is 3. The molecule has 6 heteroatoms. The molecule has 0 saturated carbocycles. The fourth-order valence-electron chi connectivity index (χ4n) is 3.49. The van der Waals surface area contributed by atoms with Crippen LogP contribution in [0.4, 0.5) is 5.69 Å². The van der Waals surface area contributed by atoms with Gasteiger partial charge in [-0.3, -0.25) is 9.59 Å². The van der Waals surface area contributed by atoms with Crippen LogP contribution in [-0.2, 0) is 9.59 Å². The van der Waals surface area contributed by atoms with Crippen molar-refractivity contribution in [3.8, 4) is 6.07 Å². The first-order valence-electron chi connectivity index (χ1n) is 8.63. The van der Waals surface area contributed by atoms with Crippen LogP contribution in [0.25, 0.3) is 5.57 Å². The Balaban J connectivity index is 1.78. The molecule has 0 aliphatic carbocycles. The molecule has 1 saturated heterocycles. The second kappa shape index (κ2) is 6.77. The van der Waals surface area contributed by atoms with Crippen LogP contribution in [0.1, 0.15) is 29.7 Å². The molecule has 0 N–H and O–H groups in total. The summed E-state index contributed by atoms with van der Waals surface area (Å²) in [6.07, 6.45) is 3.21. The number of thiophene rings is 1. The smallest absolute Gasteiger partial charge is 0.282 e. The molecule has 5 nitrogen and oxygen atoms in total. The summed E-state index contributed by atoms with van der Waals surface area (Å²) in [6, 6.07) is 12.4. The number of carbonyl (C=O) groups is 2. The van der Waals surface area contributed by atoms with E-state index in [0.717, 1.165) is 37.2 Å². The van der Waals surface area contributed by atoms with E-state index in [1.54, 1.807) is 24.3 Å². The number of hydrogen-bond donors (Lipinski definition) is 0. The van der Waals surface area contributed by atoms with E-state index in [-0.39, 0.29) is 11.8 Å². The maximum Gasteiger partial charge on any atom is 0.282 e. The largest absolute Gasteiger partial charge is 0.366 e. The summed E-state index contributed by atoms with van der Waals surface area (Å²) in [7, 11) is 0. The minimum atomic E-state index is -0.289. The minimum Gasteiger partial charge on any atom is -0.366 e. The van der Waals surface area contributed by atoms with Crippen molar-refractivity contribution in [2.75, 3.05) is 18.0 Å². The second-order valence-electron chi connectivity index (χ2n) is 6.35. The third-order valence-corrected chi connectivity index (χ3v) is 5.64. The van der Waals surface area contributed by atoms with Crippen molar-refractivity contribution in [1.82, 2.24) is 4.90 Å². The van der Waals surface area contributed by atoms with E-state index >= 15 is 0 Å². The zero-order chi connectivity index (χ0) is 18.1. The molecular formula is C20H17N3O2S. The molecular weight excluding hydrogens is 346 g/mol. The third kappa shape index (κ3) is 2.71. The highest BCUT2D eigenvalue weighted by atomic mass is 32.1. The zero-order valence-electron chi connectivity index (χ0n) is 14.1. The third-order valence-electron chi connectivity index (χ3n) is 4.75. The first-order chi connectivity index (χ1) is 12.7. The predicted octanol–water partition coefficient (Wildman–Crippen LogP) is 3.39. The van der Waals surface area contributed by atoms with Crippen LogP contribution in [0.3, 0.4) is 0 Å². The Bertz CT molecular complexity index is 917. The summed E-state index contributed by atoms with van der Waals surface area (Å²) in [5, 5.41) is 10.9. The van der Waals surface area contributed by atoms with Crippen LogP contribution in [0.2, 0.25) is 0 Å². The summed E-state index contributed by atoms with van der Waals surface area (Å²) in [6.45, 7) is 1.59. The van der Waals surface area contributed by atoms with Crippen LogP contribution in [-0.4, -0.2) is 29.8 Å². The summed E-state index contributed by atoms with van der Waals surface area (Å²) >= 11 is 1.47. The number of rotatable bonds is 3. The first-order valence-corrected chi connectivity index (χ1v) is 9.50. The maximum atomic E-state index is 13.2. The van der Waals surface area contributed by atoms with Crippen molar-refractivity contribution in [3.63, 3.8) is 0 Å². The summed E-state index contributed by atoms with van der Waals surface area (Å²) in [5.74, 6) is -0.562. The van der Waals surface area contributed by atoms with Gasteiger partial charge in [-0.05, 0) is 55.0 Å². The average molecular weight is 363 g/mol. The molecule has 2 amide bonds. The Morgan fingerprint density at radius 1 is 0.962 bits per heavy atom. The predicted molar refractivity (Wildman–Crippen MR) is 100 cm³/mol. The molecule has 130 valence electrons. The fourth-order valence-corrected chi connectivity index (χ4v) is 4.25. The number of imide groups is 1. The standard InChI is InChI=1S/C20H17N3O2S/c21-13-14-6-8-15(9-7-14)23-19(24)17(16-5-4-12-26-16)18(20(23)25)22-10-2-1-3-11-22/h4-9,12H,1-3,10-11H2. The van der Waals surface area contributed by atoms with Crippen molar-refractivity contribution in [3.05, 3.63) is 57.9 Å². The van der Waals surface area contributed by atoms with Gasteiger partial charge in [0.05, 0.1) is 22.9 Å². The van der Waals surface area contributed by atoms with Gasteiger partial charge in [-0.15, -0.1) is 11.3 Å². The average Bonchev–Trinajstić information content (AvgIpc) is 3.29. The number of nitriles is 1. The van der Waals surface area contributed by atoms with Crippen LogP contribution in [0.15, 0.2) is 47.5 Å². The van der Waals surface area contributed by atoms with E-state index in [9.17, 15) is 9.59 Å². The quantitative estimate of drug-likeness (QED) is 0.784. The number of benzene rings is 1. The molecule has 1 aromatic heterocycles. The van der Waals surface area contributed by atoms with Crippen molar-refractivity contribution in [1.29, 1.82) is 5.26 Å². The van der Waals surface area contributed by atoms with Crippen LogP contribution in [0, 0.1) is 11.3 Å². The molecule has 0 bridgehead atoms. The topological polar surface area (TPSA) is 64.4 Å². The van der Waals surface area contributed by atoms with Gasteiger partial charge in [-0.1, -0.05) is 6.07 Å². The van der Waals surface area contributed by atoms with Gasteiger partial charge in [0.15, 0.2) is 0 Å². The molecule has 1 fully saturated rings. The molecule has 0 atom stereocenters. The molecule has 0 spiro atoms. The van der Waals surface area contributed by atoms with Gasteiger partial charge in [0.2, 0.25) is 0 Å². The lowest BCUT2D eigenvalue weighted by atomic mass is 10.1. The Morgan fingerprint density at radius 3 is 2.31 bits per heavy atom. The van der Waals surface area contributed by atoms with Gasteiger partial charge in [0.1, 0.15) is 5.70 Å². The second-order valence-corrected chi connectivity index (χ2v) is 7.30. The van der Waals surface area contributed by atoms with E-state index in [0.29, 0.717) is 22.5 Å². The highest BCUT2D eigenvalue weighted by Crippen LogP contribution is 2.37. The number of likely N-dealkylation sites (tertiary alicyclic amines) is 1. The molecule has 1 aromatic carbocycles. The van der Waals surface area contributed by atoms with E-state index in [2.05, 4.69) is 11.0 Å². The Hall–Kier alpha value is -2.91. The van der Waals surface area contributed by atoms with Crippen molar-refractivity contribution < 1.29 is 9.59 Å². The molecule has 2 aliphatic rings. The Morgan fingerprint density at radius 2 is 1.69 bits per heavy atom. The van der Waals surface area contributed by atoms with Gasteiger partial charge >= 0.3 is 0 Å². The lowest BCUT2D eigenvalue weighted by Crippen LogP contribution is -2.37. The summed E-state index contributed by atoms with van der Waals surface area (Å²) in [5.41, 5.74) is 2.01. The Kier molecular flexibility index (Phi) is 4.31. The maximum absolute atomic E-state index is 13.2. The van der Waals surface area contributed by atoms with E-state index < -0.39 is 0 Å². The lowest BCUT2D eigenvalue weighted by Gasteiger charge is -2.29. The number of amides is 2. The van der Waals surface area contributed by atoms with Crippen LogP contribution < -0.4 is 4.90 Å².